The van der Waals surface area contributed by atoms with Gasteiger partial charge in [-0.2, -0.15) is 0 Å². The molecule has 0 heterocycles. The summed E-state index contributed by atoms with van der Waals surface area (Å²) in [7, 11) is 1.63. The van der Waals surface area contributed by atoms with Crippen LogP contribution in [0.2, 0.25) is 0 Å². The highest BCUT2D eigenvalue weighted by atomic mass is 35.5. The molecule has 0 N–H and O–H groups in total. The van der Waals surface area contributed by atoms with E-state index in [1.807, 2.05) is 18.2 Å². The highest BCUT2D eigenvalue weighted by Gasteiger charge is 1.99. The van der Waals surface area contributed by atoms with Crippen molar-refractivity contribution < 1.29 is 4.74 Å². The maximum Gasteiger partial charge on any atom is 0.119 e. The minimum Gasteiger partial charge on any atom is -0.497 e. The number of alkyl halides is 2. The molecule has 0 aliphatic carbocycles. The van der Waals surface area contributed by atoms with Gasteiger partial charge in [0, 0.05) is 11.8 Å². The Balaban J connectivity index is 3.01. The maximum atomic E-state index is 5.69. The van der Waals surface area contributed by atoms with Gasteiger partial charge >= 0.3 is 0 Å². The van der Waals surface area contributed by atoms with Crippen LogP contribution >= 0.6 is 23.2 Å². The molecule has 0 aromatic heterocycles. The van der Waals surface area contributed by atoms with Crippen molar-refractivity contribution >= 4 is 23.2 Å². The molecule has 0 aliphatic rings. The van der Waals surface area contributed by atoms with Crippen LogP contribution in [0.5, 0.6) is 5.75 Å². The Morgan fingerprint density at radius 1 is 1.08 bits per heavy atom. The minimum absolute atomic E-state index is 0.487. The second-order valence-corrected chi connectivity index (χ2v) is 2.99. The Hall–Kier alpha value is -0.400. The van der Waals surface area contributed by atoms with E-state index in [0.717, 1.165) is 16.9 Å². The summed E-state index contributed by atoms with van der Waals surface area (Å²) in [5, 5.41) is 0. The van der Waals surface area contributed by atoms with Crippen LogP contribution in [-0.4, -0.2) is 7.11 Å². The van der Waals surface area contributed by atoms with E-state index in [4.69, 9.17) is 27.9 Å². The average Bonchev–Trinajstić information content (AvgIpc) is 2.16. The molecule has 0 radical (unpaired) electrons. The molecule has 0 aliphatic heterocycles. The van der Waals surface area contributed by atoms with Crippen LogP contribution in [0.3, 0.4) is 0 Å². The first kappa shape index (κ1) is 9.69. The number of hydrogen-bond acceptors (Lipinski definition) is 1. The standard InChI is InChI=1S/C9H10Cl2O/c1-12-9-3-7(5-10)2-8(4-9)6-11/h2-4H,5-6H2,1H3. The normalized spacial score (nSPS) is 9.92. The molecule has 1 aromatic rings. The summed E-state index contributed by atoms with van der Waals surface area (Å²) in [6, 6.07) is 5.79. The second-order valence-electron chi connectivity index (χ2n) is 2.46. The van der Waals surface area contributed by atoms with Crippen molar-refractivity contribution in [3.63, 3.8) is 0 Å². The Kier molecular flexibility index (Phi) is 3.70. The molecule has 0 fully saturated rings. The van der Waals surface area contributed by atoms with Gasteiger partial charge in [0.1, 0.15) is 5.75 Å². The Labute approximate surface area is 82.2 Å². The van der Waals surface area contributed by atoms with E-state index in [0.29, 0.717) is 11.8 Å². The highest BCUT2D eigenvalue weighted by Crippen LogP contribution is 2.19. The lowest BCUT2D eigenvalue weighted by atomic mass is 10.1. The van der Waals surface area contributed by atoms with Gasteiger partial charge in [-0.3, -0.25) is 0 Å². The summed E-state index contributed by atoms with van der Waals surface area (Å²) < 4.78 is 5.08. The van der Waals surface area contributed by atoms with E-state index in [1.54, 1.807) is 7.11 Å². The molecule has 12 heavy (non-hydrogen) atoms. The molecule has 0 unspecified atom stereocenters. The van der Waals surface area contributed by atoms with Crippen molar-refractivity contribution in [1.82, 2.24) is 0 Å². The van der Waals surface area contributed by atoms with Crippen LogP contribution in [0.25, 0.3) is 0 Å². The van der Waals surface area contributed by atoms with Gasteiger partial charge < -0.3 is 4.74 Å². The van der Waals surface area contributed by atoms with Gasteiger partial charge in [-0.15, -0.1) is 23.2 Å². The van der Waals surface area contributed by atoms with E-state index in [9.17, 15) is 0 Å². The van der Waals surface area contributed by atoms with Crippen LogP contribution in [0.15, 0.2) is 18.2 Å². The largest absolute Gasteiger partial charge is 0.497 e. The topological polar surface area (TPSA) is 9.23 Å². The Bertz CT molecular complexity index is 205. The van der Waals surface area contributed by atoms with Crippen molar-refractivity contribution in [3.05, 3.63) is 29.3 Å². The van der Waals surface area contributed by atoms with Gasteiger partial charge in [0.2, 0.25) is 0 Å². The number of halogens is 2. The van der Waals surface area contributed by atoms with E-state index < -0.39 is 0 Å². The quantitative estimate of drug-likeness (QED) is 0.688. The van der Waals surface area contributed by atoms with Gasteiger partial charge in [0.25, 0.3) is 0 Å². The second kappa shape index (κ2) is 4.58. The number of ether oxygens (including phenoxy) is 1. The molecule has 1 aromatic carbocycles. The van der Waals surface area contributed by atoms with Crippen molar-refractivity contribution in [3.8, 4) is 5.75 Å². The third-order valence-corrected chi connectivity index (χ3v) is 2.19. The van der Waals surface area contributed by atoms with Gasteiger partial charge in [-0.25, -0.2) is 0 Å². The maximum absolute atomic E-state index is 5.69. The van der Waals surface area contributed by atoms with Crippen LogP contribution in [-0.2, 0) is 11.8 Å². The molecule has 0 atom stereocenters. The van der Waals surface area contributed by atoms with Crippen molar-refractivity contribution in [2.45, 2.75) is 11.8 Å². The zero-order valence-corrected chi connectivity index (χ0v) is 8.32. The van der Waals surface area contributed by atoms with Crippen LogP contribution < -0.4 is 4.74 Å². The lowest BCUT2D eigenvalue weighted by Gasteiger charge is -2.04. The minimum atomic E-state index is 0.487. The molecule has 0 saturated carbocycles. The molecular formula is C9H10Cl2O. The number of hydrogen-bond donors (Lipinski definition) is 0. The average molecular weight is 205 g/mol. The molecular weight excluding hydrogens is 195 g/mol. The molecule has 66 valence electrons. The van der Waals surface area contributed by atoms with E-state index in [-0.39, 0.29) is 0 Å². The summed E-state index contributed by atoms with van der Waals surface area (Å²) >= 11 is 11.4. The van der Waals surface area contributed by atoms with Crippen LogP contribution in [0.1, 0.15) is 11.1 Å². The smallest absolute Gasteiger partial charge is 0.119 e. The van der Waals surface area contributed by atoms with E-state index >= 15 is 0 Å². The zero-order valence-electron chi connectivity index (χ0n) is 6.81. The van der Waals surface area contributed by atoms with Crippen molar-refractivity contribution in [2.24, 2.45) is 0 Å². The molecule has 0 saturated heterocycles. The Morgan fingerprint density at radius 3 is 1.92 bits per heavy atom. The van der Waals surface area contributed by atoms with Crippen molar-refractivity contribution in [1.29, 1.82) is 0 Å². The predicted molar refractivity (Wildman–Crippen MR) is 52.1 cm³/mol. The van der Waals surface area contributed by atoms with Crippen LogP contribution in [0.4, 0.5) is 0 Å². The number of benzene rings is 1. The summed E-state index contributed by atoms with van der Waals surface area (Å²) in [5.74, 6) is 1.78. The summed E-state index contributed by atoms with van der Waals surface area (Å²) in [4.78, 5) is 0. The first-order chi connectivity index (χ1) is 5.80. The Morgan fingerprint density at radius 2 is 1.58 bits per heavy atom. The first-order valence-electron chi connectivity index (χ1n) is 3.59. The number of rotatable bonds is 3. The lowest BCUT2D eigenvalue weighted by Crippen LogP contribution is -1.88. The zero-order chi connectivity index (χ0) is 8.97. The fraction of sp³-hybridized carbons (Fsp3) is 0.333. The predicted octanol–water partition coefficient (Wildman–Crippen LogP) is 3.17. The molecule has 0 spiro atoms. The lowest BCUT2D eigenvalue weighted by molar-refractivity contribution is 0.414. The fourth-order valence-corrected chi connectivity index (χ4v) is 1.31. The van der Waals surface area contributed by atoms with Gasteiger partial charge in [0.05, 0.1) is 7.11 Å². The monoisotopic (exact) mass is 204 g/mol. The molecule has 1 nitrogen and oxygen atoms in total. The third kappa shape index (κ3) is 2.29. The first-order valence-corrected chi connectivity index (χ1v) is 4.66. The highest BCUT2D eigenvalue weighted by molar-refractivity contribution is 6.17. The van der Waals surface area contributed by atoms with Crippen molar-refractivity contribution in [2.75, 3.05) is 7.11 Å². The fourth-order valence-electron chi connectivity index (χ4n) is 1.00. The number of methoxy groups -OCH3 is 1. The summed E-state index contributed by atoms with van der Waals surface area (Å²) in [6.07, 6.45) is 0. The van der Waals surface area contributed by atoms with Gasteiger partial charge in [0.15, 0.2) is 0 Å². The van der Waals surface area contributed by atoms with Gasteiger partial charge in [-0.05, 0) is 23.3 Å². The molecule has 3 heteroatoms. The molecule has 0 amide bonds. The van der Waals surface area contributed by atoms with Gasteiger partial charge in [-0.1, -0.05) is 6.07 Å². The van der Waals surface area contributed by atoms with E-state index in [1.165, 1.54) is 0 Å². The summed E-state index contributed by atoms with van der Waals surface area (Å²) in [6.45, 7) is 0. The van der Waals surface area contributed by atoms with E-state index in [2.05, 4.69) is 0 Å². The molecule has 1 rings (SSSR count). The summed E-state index contributed by atoms with van der Waals surface area (Å²) in [5.41, 5.74) is 2.07. The third-order valence-electron chi connectivity index (χ3n) is 1.57. The van der Waals surface area contributed by atoms with Crippen LogP contribution in [0, 0.1) is 0 Å². The molecule has 0 bridgehead atoms. The SMILES string of the molecule is COc1cc(CCl)cc(CCl)c1.